The molecule has 1 rings (SSSR count). The van der Waals surface area contributed by atoms with Crippen molar-refractivity contribution >= 4 is 15.9 Å². The molecule has 0 aliphatic rings. The second-order valence-corrected chi connectivity index (χ2v) is 6.55. The van der Waals surface area contributed by atoms with Crippen molar-refractivity contribution in [3.63, 3.8) is 0 Å². The lowest BCUT2D eigenvalue weighted by Gasteiger charge is -2.17. The molecule has 120 valence electrons. The van der Waals surface area contributed by atoms with Gasteiger partial charge in [0.05, 0.1) is 6.61 Å². The number of halogens is 1. The molecule has 0 aliphatic carbocycles. The second kappa shape index (κ2) is 11.1. The van der Waals surface area contributed by atoms with Gasteiger partial charge in [-0.1, -0.05) is 67.8 Å². The van der Waals surface area contributed by atoms with Crippen LogP contribution in [0.3, 0.4) is 0 Å². The lowest BCUT2D eigenvalue weighted by molar-refractivity contribution is 0.333. The van der Waals surface area contributed by atoms with E-state index in [1.165, 1.54) is 44.9 Å². The Hall–Kier alpha value is -0.540. The number of unbranched alkanes of at least 4 members (excludes halogenated alkanes) is 6. The van der Waals surface area contributed by atoms with Crippen LogP contribution in [0.25, 0.3) is 0 Å². The molecule has 0 spiro atoms. The number of rotatable bonds is 11. The summed E-state index contributed by atoms with van der Waals surface area (Å²) in [5, 5.41) is 0. The summed E-state index contributed by atoms with van der Waals surface area (Å²) < 4.78 is 6.75. The topological polar surface area (TPSA) is 35.2 Å². The van der Waals surface area contributed by atoms with Gasteiger partial charge in [0.25, 0.3) is 0 Å². The molecule has 0 aromatic heterocycles. The van der Waals surface area contributed by atoms with Crippen molar-refractivity contribution in [3.8, 4) is 5.75 Å². The third-order valence-electron chi connectivity index (χ3n) is 3.79. The van der Waals surface area contributed by atoms with Crippen molar-refractivity contribution in [3.05, 3.63) is 28.2 Å². The van der Waals surface area contributed by atoms with Gasteiger partial charge in [0.2, 0.25) is 0 Å². The Morgan fingerprint density at radius 3 is 2.38 bits per heavy atom. The Balaban J connectivity index is 2.37. The third-order valence-corrected chi connectivity index (χ3v) is 4.28. The highest BCUT2D eigenvalue weighted by molar-refractivity contribution is 9.10. The zero-order valence-corrected chi connectivity index (χ0v) is 15.1. The molecule has 0 amide bonds. The molecule has 0 aliphatic heterocycles. The summed E-state index contributed by atoms with van der Waals surface area (Å²) in [7, 11) is 0. The maximum absolute atomic E-state index is 6.36. The molecule has 1 atom stereocenters. The van der Waals surface area contributed by atoms with Gasteiger partial charge in [0.15, 0.2) is 0 Å². The minimum atomic E-state index is 0.0692. The highest BCUT2D eigenvalue weighted by Gasteiger charge is 2.12. The third kappa shape index (κ3) is 7.32. The van der Waals surface area contributed by atoms with Crippen LogP contribution >= 0.6 is 15.9 Å². The molecule has 21 heavy (non-hydrogen) atoms. The van der Waals surface area contributed by atoms with Crippen LogP contribution in [0.5, 0.6) is 5.75 Å². The standard InChI is InChI=1S/C18H30BrNO/c1-3-5-6-7-8-9-10-11-17(20)16-14-15(19)12-13-18(16)21-4-2/h12-14,17H,3-11,20H2,1-2H3. The van der Waals surface area contributed by atoms with Crippen molar-refractivity contribution in [2.45, 2.75) is 71.3 Å². The van der Waals surface area contributed by atoms with E-state index in [-0.39, 0.29) is 6.04 Å². The van der Waals surface area contributed by atoms with Gasteiger partial charge >= 0.3 is 0 Å². The second-order valence-electron chi connectivity index (χ2n) is 5.63. The highest BCUT2D eigenvalue weighted by Crippen LogP contribution is 2.30. The van der Waals surface area contributed by atoms with Gasteiger partial charge in [0.1, 0.15) is 5.75 Å². The average molecular weight is 356 g/mol. The Bertz CT molecular complexity index is 395. The molecule has 1 aromatic carbocycles. The summed E-state index contributed by atoms with van der Waals surface area (Å²) in [5.74, 6) is 0.927. The zero-order valence-electron chi connectivity index (χ0n) is 13.5. The van der Waals surface area contributed by atoms with Gasteiger partial charge in [0, 0.05) is 16.1 Å². The first kappa shape index (κ1) is 18.5. The molecule has 3 heteroatoms. The molecule has 1 aromatic rings. The quantitative estimate of drug-likeness (QED) is 0.494. The summed E-state index contributed by atoms with van der Waals surface area (Å²) in [6.45, 7) is 4.94. The van der Waals surface area contributed by atoms with E-state index in [4.69, 9.17) is 10.5 Å². The first-order valence-corrected chi connectivity index (χ1v) is 9.16. The summed E-state index contributed by atoms with van der Waals surface area (Å²) >= 11 is 3.52. The highest BCUT2D eigenvalue weighted by atomic mass is 79.9. The molecule has 2 N–H and O–H groups in total. The van der Waals surface area contributed by atoms with Crippen molar-refractivity contribution < 1.29 is 4.74 Å². The number of nitrogens with two attached hydrogens (primary N) is 1. The fourth-order valence-electron chi connectivity index (χ4n) is 2.57. The van der Waals surface area contributed by atoms with Gasteiger partial charge in [-0.15, -0.1) is 0 Å². The SMILES string of the molecule is CCCCCCCCCC(N)c1cc(Br)ccc1OCC. The van der Waals surface area contributed by atoms with Crippen LogP contribution in [-0.4, -0.2) is 6.61 Å². The molecule has 2 nitrogen and oxygen atoms in total. The minimum absolute atomic E-state index is 0.0692. The summed E-state index contributed by atoms with van der Waals surface area (Å²) in [5.41, 5.74) is 7.48. The zero-order chi connectivity index (χ0) is 15.5. The van der Waals surface area contributed by atoms with Crippen LogP contribution in [0.1, 0.15) is 76.8 Å². The van der Waals surface area contributed by atoms with Crippen molar-refractivity contribution in [1.82, 2.24) is 0 Å². The van der Waals surface area contributed by atoms with E-state index in [0.717, 1.165) is 22.2 Å². The molecular formula is C18H30BrNO. The fourth-order valence-corrected chi connectivity index (χ4v) is 2.95. The number of ether oxygens (including phenoxy) is 1. The van der Waals surface area contributed by atoms with E-state index in [0.29, 0.717) is 6.61 Å². The van der Waals surface area contributed by atoms with Crippen LogP contribution < -0.4 is 10.5 Å². The van der Waals surface area contributed by atoms with E-state index in [1.54, 1.807) is 0 Å². The van der Waals surface area contributed by atoms with E-state index >= 15 is 0 Å². The normalized spacial score (nSPS) is 12.4. The monoisotopic (exact) mass is 355 g/mol. The predicted octanol–water partition coefficient (Wildman–Crippen LogP) is 5.99. The minimum Gasteiger partial charge on any atom is -0.494 e. The largest absolute Gasteiger partial charge is 0.494 e. The maximum atomic E-state index is 6.36. The van der Waals surface area contributed by atoms with Gasteiger partial charge < -0.3 is 10.5 Å². The van der Waals surface area contributed by atoms with E-state index in [2.05, 4.69) is 28.9 Å². The molecule has 0 bridgehead atoms. The molecule has 0 radical (unpaired) electrons. The maximum Gasteiger partial charge on any atom is 0.124 e. The van der Waals surface area contributed by atoms with Gasteiger partial charge in [-0.3, -0.25) is 0 Å². The van der Waals surface area contributed by atoms with E-state index < -0.39 is 0 Å². The van der Waals surface area contributed by atoms with Gasteiger partial charge in [-0.2, -0.15) is 0 Å². The van der Waals surface area contributed by atoms with Crippen LogP contribution in [-0.2, 0) is 0 Å². The first-order chi connectivity index (χ1) is 10.2. The summed E-state index contributed by atoms with van der Waals surface area (Å²) in [6.07, 6.45) is 10.3. The van der Waals surface area contributed by atoms with Crippen molar-refractivity contribution in [1.29, 1.82) is 0 Å². The molecule has 0 heterocycles. The lowest BCUT2D eigenvalue weighted by atomic mass is 9.99. The smallest absolute Gasteiger partial charge is 0.124 e. The van der Waals surface area contributed by atoms with Crippen LogP contribution in [0.2, 0.25) is 0 Å². The van der Waals surface area contributed by atoms with Gasteiger partial charge in [-0.05, 0) is 31.5 Å². The van der Waals surface area contributed by atoms with Crippen LogP contribution in [0.15, 0.2) is 22.7 Å². The van der Waals surface area contributed by atoms with Crippen molar-refractivity contribution in [2.24, 2.45) is 5.73 Å². The number of benzene rings is 1. The Labute approximate surface area is 138 Å². The molecule has 0 fully saturated rings. The fraction of sp³-hybridized carbons (Fsp3) is 0.667. The summed E-state index contributed by atoms with van der Waals surface area (Å²) in [4.78, 5) is 0. The first-order valence-electron chi connectivity index (χ1n) is 8.36. The Morgan fingerprint density at radius 2 is 1.71 bits per heavy atom. The average Bonchev–Trinajstić information content (AvgIpc) is 2.48. The number of hydrogen-bond acceptors (Lipinski definition) is 2. The molecule has 0 saturated heterocycles. The van der Waals surface area contributed by atoms with Crippen LogP contribution in [0.4, 0.5) is 0 Å². The van der Waals surface area contributed by atoms with Gasteiger partial charge in [-0.25, -0.2) is 0 Å². The molecule has 1 unspecified atom stereocenters. The Morgan fingerprint density at radius 1 is 1.05 bits per heavy atom. The Kier molecular flexibility index (Phi) is 9.77. The predicted molar refractivity (Wildman–Crippen MR) is 94.8 cm³/mol. The molecule has 0 saturated carbocycles. The van der Waals surface area contributed by atoms with E-state index in [1.807, 2.05) is 19.1 Å². The van der Waals surface area contributed by atoms with Crippen LogP contribution in [0, 0.1) is 0 Å². The summed E-state index contributed by atoms with van der Waals surface area (Å²) in [6, 6.07) is 6.18. The van der Waals surface area contributed by atoms with E-state index in [9.17, 15) is 0 Å². The molecular weight excluding hydrogens is 326 g/mol. The lowest BCUT2D eigenvalue weighted by Crippen LogP contribution is -2.12. The van der Waals surface area contributed by atoms with Crippen molar-refractivity contribution in [2.75, 3.05) is 6.61 Å². The number of hydrogen-bond donors (Lipinski definition) is 1.